The summed E-state index contributed by atoms with van der Waals surface area (Å²) < 4.78 is 0. The second kappa shape index (κ2) is 3.07. The van der Waals surface area contributed by atoms with Crippen LogP contribution in [-0.4, -0.2) is 14.7 Å². The summed E-state index contributed by atoms with van der Waals surface area (Å²) in [6.45, 7) is -3.81. The van der Waals surface area contributed by atoms with Gasteiger partial charge < -0.3 is 14.7 Å². The number of hydrogen-bond donors (Lipinski definition) is 3. The first-order valence-electron chi connectivity index (χ1n) is 0.783. The van der Waals surface area contributed by atoms with Gasteiger partial charge in [-0.15, -0.1) is 17.0 Å². The Labute approximate surface area is 50.6 Å². The van der Waals surface area contributed by atoms with Gasteiger partial charge in [0.1, 0.15) is 0 Å². The van der Waals surface area contributed by atoms with Crippen molar-refractivity contribution < 1.29 is 14.7 Å². The summed E-state index contributed by atoms with van der Waals surface area (Å²) in [5, 5.41) is 0. The van der Waals surface area contributed by atoms with Gasteiger partial charge in [0, 0.05) is 0 Å². The summed E-state index contributed by atoms with van der Waals surface area (Å²) in [6, 6.07) is 0. The summed E-state index contributed by atoms with van der Waals surface area (Å²) in [5.74, 6) is 0. The fourth-order valence-electron chi connectivity index (χ4n) is 0. The molecule has 0 amide bonds. The van der Waals surface area contributed by atoms with E-state index in [1.54, 1.807) is 0 Å². The number of halogens is 1. The zero-order chi connectivity index (χ0) is 4.50. The standard InChI is InChI=1S/BrH.H3O3PS/c;1-4(2,3)5/h1H;(H3,1,2,3,5). The maximum absolute atomic E-state index is 7.56. The Morgan fingerprint density at radius 3 is 1.17 bits per heavy atom. The van der Waals surface area contributed by atoms with Crippen molar-refractivity contribution in [1.29, 1.82) is 0 Å². The molecule has 0 rings (SSSR count). The minimum absolute atomic E-state index is 0. The van der Waals surface area contributed by atoms with Crippen LogP contribution in [0.2, 0.25) is 0 Å². The molecule has 6 heteroatoms. The molecule has 0 aliphatic heterocycles. The van der Waals surface area contributed by atoms with Crippen LogP contribution in [0, 0.1) is 0 Å². The molecular weight excluding hydrogens is 191 g/mol. The minimum atomic E-state index is -3.81. The third-order valence-electron chi connectivity index (χ3n) is 0. The lowest BCUT2D eigenvalue weighted by Gasteiger charge is -1.88. The molecule has 0 atom stereocenters. The molecular formula is H4BrO3PS. The summed E-state index contributed by atoms with van der Waals surface area (Å²) in [4.78, 5) is 22.7. The summed E-state index contributed by atoms with van der Waals surface area (Å²) in [6.07, 6.45) is 0. The molecule has 0 unspecified atom stereocenters. The molecule has 0 spiro atoms. The van der Waals surface area contributed by atoms with Crippen molar-refractivity contribution in [3.8, 4) is 0 Å². The van der Waals surface area contributed by atoms with Crippen molar-refractivity contribution in [2.24, 2.45) is 0 Å². The normalized spacial score (nSPS) is 9.83. The lowest BCUT2D eigenvalue weighted by molar-refractivity contribution is 0.363. The maximum Gasteiger partial charge on any atom is 0.319 e. The van der Waals surface area contributed by atoms with Gasteiger partial charge in [0.2, 0.25) is 0 Å². The predicted octanol–water partition coefficient (Wildman–Crippen LogP) is -0.234. The molecule has 0 aliphatic carbocycles. The van der Waals surface area contributed by atoms with E-state index in [4.69, 9.17) is 14.7 Å². The van der Waals surface area contributed by atoms with Crippen LogP contribution in [0.15, 0.2) is 0 Å². The van der Waals surface area contributed by atoms with Crippen LogP contribution in [0.25, 0.3) is 0 Å². The molecule has 0 radical (unpaired) electrons. The zero-order valence-electron chi connectivity index (χ0n) is 2.61. The van der Waals surface area contributed by atoms with E-state index in [2.05, 4.69) is 11.8 Å². The molecule has 0 fully saturated rings. The van der Waals surface area contributed by atoms with Crippen molar-refractivity contribution in [2.75, 3.05) is 0 Å². The SMILES string of the molecule is Br.OP(O)(O)=S. The van der Waals surface area contributed by atoms with E-state index in [-0.39, 0.29) is 17.0 Å². The predicted molar refractivity (Wildman–Crippen MR) is 31.3 cm³/mol. The Morgan fingerprint density at radius 1 is 1.17 bits per heavy atom. The van der Waals surface area contributed by atoms with Gasteiger partial charge >= 0.3 is 6.72 Å². The van der Waals surface area contributed by atoms with Crippen LogP contribution in [-0.2, 0) is 11.8 Å². The van der Waals surface area contributed by atoms with E-state index in [9.17, 15) is 0 Å². The monoisotopic (exact) mass is 194 g/mol. The van der Waals surface area contributed by atoms with Crippen molar-refractivity contribution in [1.82, 2.24) is 0 Å². The van der Waals surface area contributed by atoms with E-state index in [1.165, 1.54) is 0 Å². The van der Waals surface area contributed by atoms with Crippen LogP contribution >= 0.6 is 23.7 Å². The third-order valence-corrected chi connectivity index (χ3v) is 0. The van der Waals surface area contributed by atoms with Crippen LogP contribution < -0.4 is 0 Å². The first-order valence-corrected chi connectivity index (χ1v) is 3.44. The highest BCUT2D eigenvalue weighted by Gasteiger charge is 1.92. The molecule has 0 aliphatic rings. The van der Waals surface area contributed by atoms with Gasteiger partial charge in [-0.1, -0.05) is 0 Å². The lowest BCUT2D eigenvalue weighted by Crippen LogP contribution is -1.65. The first-order chi connectivity index (χ1) is 2.00. The quantitative estimate of drug-likeness (QED) is 0.467. The Morgan fingerprint density at radius 2 is 1.17 bits per heavy atom. The van der Waals surface area contributed by atoms with Gasteiger partial charge in [0.15, 0.2) is 0 Å². The summed E-state index contributed by atoms with van der Waals surface area (Å²) >= 11 is 3.60. The molecule has 40 valence electrons. The highest BCUT2D eigenvalue weighted by molar-refractivity contribution is 8.93. The molecule has 0 aromatic carbocycles. The Hall–Kier alpha value is 1.01. The van der Waals surface area contributed by atoms with Crippen molar-refractivity contribution >= 4 is 35.5 Å². The number of hydrogen-bond acceptors (Lipinski definition) is 1. The lowest BCUT2D eigenvalue weighted by atomic mass is 15.8. The fraction of sp³-hybridized carbons (Fsp3) is 0. The summed E-state index contributed by atoms with van der Waals surface area (Å²) in [5.41, 5.74) is 0. The second-order valence-corrected chi connectivity index (χ2v) is 3.01. The first kappa shape index (κ1) is 10.1. The second-order valence-electron chi connectivity index (χ2n) is 0.513. The minimum Gasteiger partial charge on any atom is -0.325 e. The van der Waals surface area contributed by atoms with E-state index < -0.39 is 6.72 Å². The van der Waals surface area contributed by atoms with Gasteiger partial charge in [-0.2, -0.15) is 0 Å². The average molecular weight is 195 g/mol. The van der Waals surface area contributed by atoms with Gasteiger partial charge in [-0.05, 0) is 11.8 Å². The van der Waals surface area contributed by atoms with E-state index >= 15 is 0 Å². The molecule has 3 nitrogen and oxygen atoms in total. The van der Waals surface area contributed by atoms with Crippen molar-refractivity contribution in [2.45, 2.75) is 0 Å². The van der Waals surface area contributed by atoms with Gasteiger partial charge in [0.25, 0.3) is 0 Å². The molecule has 0 bridgehead atoms. The molecule has 0 aromatic rings. The van der Waals surface area contributed by atoms with Crippen LogP contribution in [0.3, 0.4) is 0 Å². The smallest absolute Gasteiger partial charge is 0.319 e. The maximum atomic E-state index is 7.56. The van der Waals surface area contributed by atoms with Gasteiger partial charge in [-0.25, -0.2) is 0 Å². The third kappa shape index (κ3) is 79.0. The molecule has 0 aromatic heterocycles. The van der Waals surface area contributed by atoms with E-state index in [0.29, 0.717) is 0 Å². The summed E-state index contributed by atoms with van der Waals surface area (Å²) in [7, 11) is 0. The van der Waals surface area contributed by atoms with E-state index in [1.807, 2.05) is 0 Å². The van der Waals surface area contributed by atoms with Crippen molar-refractivity contribution in [3.05, 3.63) is 0 Å². The zero-order valence-corrected chi connectivity index (χ0v) is 6.03. The largest absolute Gasteiger partial charge is 0.325 e. The Balaban J connectivity index is 0. The van der Waals surface area contributed by atoms with E-state index in [0.717, 1.165) is 0 Å². The number of rotatable bonds is 0. The average Bonchev–Trinajstić information content (AvgIpc) is 0.722. The highest BCUT2D eigenvalue weighted by Crippen LogP contribution is 2.26. The highest BCUT2D eigenvalue weighted by atomic mass is 79.9. The Kier molecular flexibility index (Phi) is 5.16. The van der Waals surface area contributed by atoms with Crippen LogP contribution in [0.5, 0.6) is 0 Å². The van der Waals surface area contributed by atoms with Crippen molar-refractivity contribution in [3.63, 3.8) is 0 Å². The van der Waals surface area contributed by atoms with Crippen LogP contribution in [0.1, 0.15) is 0 Å². The van der Waals surface area contributed by atoms with Gasteiger partial charge in [0.05, 0.1) is 0 Å². The molecule has 6 heavy (non-hydrogen) atoms. The molecule has 3 N–H and O–H groups in total. The van der Waals surface area contributed by atoms with Gasteiger partial charge in [-0.3, -0.25) is 0 Å². The molecule has 0 saturated heterocycles. The topological polar surface area (TPSA) is 60.7 Å². The van der Waals surface area contributed by atoms with Crippen LogP contribution in [0.4, 0.5) is 0 Å². The fourth-order valence-corrected chi connectivity index (χ4v) is 0. The Bertz CT molecular complexity index is 56.9. The molecule has 0 heterocycles. The molecule has 0 saturated carbocycles.